The number of likely N-dealkylation sites (tertiary alicyclic amines) is 1. The Morgan fingerprint density at radius 1 is 1.35 bits per heavy atom. The highest BCUT2D eigenvalue weighted by molar-refractivity contribution is 7.16. The second kappa shape index (κ2) is 9.00. The molecular weight excluding hydrogens is 356 g/mol. The molecule has 8 nitrogen and oxygen atoms in total. The lowest BCUT2D eigenvalue weighted by Gasteiger charge is -2.32. The summed E-state index contributed by atoms with van der Waals surface area (Å²) in [5, 5.41) is 6.00. The zero-order valence-corrected chi connectivity index (χ0v) is 16.2. The van der Waals surface area contributed by atoms with Crippen LogP contribution in [0.4, 0.5) is 9.80 Å². The molecule has 1 saturated heterocycles. The first-order valence-electron chi connectivity index (χ1n) is 8.55. The van der Waals surface area contributed by atoms with Crippen LogP contribution in [0.15, 0.2) is 0 Å². The van der Waals surface area contributed by atoms with Gasteiger partial charge in [-0.05, 0) is 44.7 Å². The summed E-state index contributed by atoms with van der Waals surface area (Å²) in [5.41, 5.74) is 6.36. The molecule has 26 heavy (non-hydrogen) atoms. The number of aryl methyl sites for hydroxylation is 1. The number of methoxy groups -OCH3 is 1. The molecule has 1 aromatic heterocycles. The molecule has 1 aliphatic heterocycles. The van der Waals surface area contributed by atoms with Crippen molar-refractivity contribution in [2.45, 2.75) is 26.7 Å². The summed E-state index contributed by atoms with van der Waals surface area (Å²) >= 11 is 1.37. The molecule has 0 spiro atoms. The summed E-state index contributed by atoms with van der Waals surface area (Å²) in [6.07, 6.45) is 1.96. The summed E-state index contributed by atoms with van der Waals surface area (Å²) in [5.74, 6) is -0.335. The number of thiophene rings is 1. The van der Waals surface area contributed by atoms with E-state index in [1.165, 1.54) is 18.4 Å². The Kier molecular flexibility index (Phi) is 6.98. The van der Waals surface area contributed by atoms with E-state index in [1.807, 2.05) is 13.8 Å². The van der Waals surface area contributed by atoms with Crippen molar-refractivity contribution in [2.75, 3.05) is 38.6 Å². The first kappa shape index (κ1) is 20.2. The van der Waals surface area contributed by atoms with Crippen LogP contribution in [0.1, 0.15) is 33.6 Å². The number of carbonyl (C=O) groups is 3. The van der Waals surface area contributed by atoms with Crippen LogP contribution < -0.4 is 16.4 Å². The topological polar surface area (TPSA) is 114 Å². The number of hydrogen-bond acceptors (Lipinski definition) is 6. The molecule has 0 saturated carbocycles. The molecule has 9 heteroatoms. The molecule has 1 fully saturated rings. The minimum Gasteiger partial charge on any atom is -0.465 e. The van der Waals surface area contributed by atoms with Gasteiger partial charge in [-0.2, -0.15) is 0 Å². The van der Waals surface area contributed by atoms with E-state index in [9.17, 15) is 14.4 Å². The minimum atomic E-state index is -0.529. The van der Waals surface area contributed by atoms with Crippen molar-refractivity contribution in [3.8, 4) is 0 Å². The van der Waals surface area contributed by atoms with Gasteiger partial charge in [0.1, 0.15) is 5.00 Å². The first-order chi connectivity index (χ1) is 12.3. The molecule has 0 radical (unpaired) electrons. The van der Waals surface area contributed by atoms with Crippen molar-refractivity contribution >= 4 is 34.2 Å². The van der Waals surface area contributed by atoms with E-state index in [1.54, 1.807) is 0 Å². The smallest absolute Gasteiger partial charge is 0.341 e. The van der Waals surface area contributed by atoms with Crippen LogP contribution in [0.2, 0.25) is 0 Å². The molecule has 0 aliphatic carbocycles. The van der Waals surface area contributed by atoms with Crippen molar-refractivity contribution < 1.29 is 19.1 Å². The van der Waals surface area contributed by atoms with Gasteiger partial charge in [0.15, 0.2) is 0 Å². The van der Waals surface area contributed by atoms with Crippen LogP contribution >= 0.6 is 11.3 Å². The Hall–Kier alpha value is -2.13. The number of nitrogens with two attached hydrogens (primary N) is 1. The number of hydrogen-bond donors (Lipinski definition) is 3. The maximum Gasteiger partial charge on any atom is 0.341 e. The van der Waals surface area contributed by atoms with E-state index < -0.39 is 12.0 Å². The summed E-state index contributed by atoms with van der Waals surface area (Å²) in [6.45, 7) is 6.05. The number of primary amides is 1. The molecule has 144 valence electrons. The zero-order chi connectivity index (χ0) is 19.3. The van der Waals surface area contributed by atoms with Gasteiger partial charge in [0.2, 0.25) is 5.91 Å². The maximum atomic E-state index is 12.4. The van der Waals surface area contributed by atoms with Crippen LogP contribution in [0, 0.1) is 19.8 Å². The maximum absolute atomic E-state index is 12.4. The highest BCUT2D eigenvalue weighted by Crippen LogP contribution is 2.33. The van der Waals surface area contributed by atoms with E-state index in [2.05, 4.69) is 15.5 Å². The van der Waals surface area contributed by atoms with Crippen molar-refractivity contribution in [2.24, 2.45) is 11.7 Å². The van der Waals surface area contributed by atoms with Crippen molar-refractivity contribution in [1.29, 1.82) is 0 Å². The van der Waals surface area contributed by atoms with Crippen LogP contribution in [-0.2, 0) is 9.53 Å². The Morgan fingerprint density at radius 2 is 2.08 bits per heavy atom. The number of esters is 1. The Balaban J connectivity index is 1.95. The standard InChI is InChI=1S/C17H26N4O4S/c1-10-11(2)26-15(14(10)16(23)25-3)20-13(22)9-21-6-4-5-12(8-21)7-19-17(18)24/h12H,4-9H2,1-3H3,(H,20,22)(H3,18,19,24)/t12-/m1/s1. The van der Waals surface area contributed by atoms with Gasteiger partial charge in [0, 0.05) is 18.0 Å². The largest absolute Gasteiger partial charge is 0.465 e. The fourth-order valence-corrected chi connectivity index (χ4v) is 4.20. The summed E-state index contributed by atoms with van der Waals surface area (Å²) in [6, 6.07) is -0.529. The number of rotatable bonds is 6. The van der Waals surface area contributed by atoms with E-state index in [4.69, 9.17) is 10.5 Å². The van der Waals surface area contributed by atoms with Gasteiger partial charge in [-0.15, -0.1) is 11.3 Å². The third-order valence-electron chi connectivity index (χ3n) is 4.56. The molecule has 0 aromatic carbocycles. The number of ether oxygens (including phenoxy) is 1. The second-order valence-corrected chi connectivity index (χ2v) is 7.74. The molecule has 2 rings (SSSR count). The van der Waals surface area contributed by atoms with E-state index >= 15 is 0 Å². The molecular formula is C17H26N4O4S. The van der Waals surface area contributed by atoms with Crippen LogP contribution in [0.5, 0.6) is 0 Å². The van der Waals surface area contributed by atoms with Gasteiger partial charge in [-0.25, -0.2) is 9.59 Å². The number of amides is 3. The molecule has 4 N–H and O–H groups in total. The van der Waals surface area contributed by atoms with Gasteiger partial charge in [0.05, 0.1) is 19.2 Å². The third-order valence-corrected chi connectivity index (χ3v) is 5.69. The Labute approximate surface area is 157 Å². The zero-order valence-electron chi connectivity index (χ0n) is 15.4. The number of nitrogens with one attached hydrogen (secondary N) is 2. The average Bonchev–Trinajstić information content (AvgIpc) is 2.86. The molecule has 1 aromatic rings. The number of carbonyl (C=O) groups excluding carboxylic acids is 3. The fraction of sp³-hybridized carbons (Fsp3) is 0.588. The summed E-state index contributed by atoms with van der Waals surface area (Å²) in [7, 11) is 1.33. The monoisotopic (exact) mass is 382 g/mol. The predicted octanol–water partition coefficient (Wildman–Crippen LogP) is 1.47. The van der Waals surface area contributed by atoms with Crippen LogP contribution in [0.3, 0.4) is 0 Å². The average molecular weight is 382 g/mol. The normalized spacial score (nSPS) is 17.6. The van der Waals surface area contributed by atoms with Crippen LogP contribution in [-0.4, -0.2) is 56.1 Å². The predicted molar refractivity (Wildman–Crippen MR) is 101 cm³/mol. The lowest BCUT2D eigenvalue weighted by atomic mass is 9.98. The highest BCUT2D eigenvalue weighted by Gasteiger charge is 2.24. The molecule has 0 unspecified atom stereocenters. The van der Waals surface area contributed by atoms with Crippen molar-refractivity contribution in [1.82, 2.24) is 10.2 Å². The molecule has 1 atom stereocenters. The lowest BCUT2D eigenvalue weighted by molar-refractivity contribution is -0.117. The van der Waals surface area contributed by atoms with Gasteiger partial charge in [0.25, 0.3) is 0 Å². The molecule has 2 heterocycles. The molecule has 1 aliphatic rings. The van der Waals surface area contributed by atoms with Gasteiger partial charge in [-0.3, -0.25) is 9.69 Å². The summed E-state index contributed by atoms with van der Waals surface area (Å²) < 4.78 is 4.82. The number of nitrogens with zero attached hydrogens (tertiary/aromatic N) is 1. The Bertz CT molecular complexity index is 689. The van der Waals surface area contributed by atoms with Gasteiger partial charge < -0.3 is 21.1 Å². The SMILES string of the molecule is COC(=O)c1c(NC(=O)CN2CCC[C@H](CNC(N)=O)C2)sc(C)c1C. The fourth-order valence-electron chi connectivity index (χ4n) is 3.14. The summed E-state index contributed by atoms with van der Waals surface area (Å²) in [4.78, 5) is 38.3. The highest BCUT2D eigenvalue weighted by atomic mass is 32.1. The Morgan fingerprint density at radius 3 is 2.73 bits per heavy atom. The van der Waals surface area contributed by atoms with Crippen LogP contribution in [0.25, 0.3) is 0 Å². The van der Waals surface area contributed by atoms with Gasteiger partial charge in [-0.1, -0.05) is 0 Å². The second-order valence-electron chi connectivity index (χ2n) is 6.52. The first-order valence-corrected chi connectivity index (χ1v) is 9.37. The van der Waals surface area contributed by atoms with E-state index in [-0.39, 0.29) is 18.4 Å². The van der Waals surface area contributed by atoms with Crippen molar-refractivity contribution in [3.05, 3.63) is 16.0 Å². The minimum absolute atomic E-state index is 0.167. The van der Waals surface area contributed by atoms with E-state index in [0.29, 0.717) is 17.1 Å². The number of urea groups is 1. The van der Waals surface area contributed by atoms with Crippen molar-refractivity contribution in [3.63, 3.8) is 0 Å². The number of piperidine rings is 1. The third kappa shape index (κ3) is 5.18. The number of anilines is 1. The lowest BCUT2D eigenvalue weighted by Crippen LogP contribution is -2.44. The van der Waals surface area contributed by atoms with E-state index in [0.717, 1.165) is 36.4 Å². The van der Waals surface area contributed by atoms with Gasteiger partial charge >= 0.3 is 12.0 Å². The quantitative estimate of drug-likeness (QED) is 0.645. The molecule has 0 bridgehead atoms. The molecule has 3 amide bonds.